The van der Waals surface area contributed by atoms with Crippen molar-refractivity contribution in [1.82, 2.24) is 15.3 Å². The van der Waals surface area contributed by atoms with E-state index >= 15 is 0 Å². The quantitative estimate of drug-likeness (QED) is 0.600. The van der Waals surface area contributed by atoms with Crippen molar-refractivity contribution >= 4 is 28.6 Å². The molecule has 1 amide bonds. The Kier molecular flexibility index (Phi) is 3.19. The second kappa shape index (κ2) is 4.90. The summed E-state index contributed by atoms with van der Waals surface area (Å²) in [7, 11) is 0. The number of hydrogen-bond donors (Lipinski definition) is 1. The molecule has 1 atom stereocenters. The third-order valence-electron chi connectivity index (χ3n) is 3.18. The number of carbonyl (C=O) groups excluding carboxylic acids is 1. The lowest BCUT2D eigenvalue weighted by molar-refractivity contribution is 0.149. The van der Waals surface area contributed by atoms with Crippen LogP contribution in [0.25, 0.3) is 10.9 Å². The van der Waals surface area contributed by atoms with Crippen molar-refractivity contribution in [3.05, 3.63) is 35.2 Å². The lowest BCUT2D eigenvalue weighted by Crippen LogP contribution is -2.41. The molecule has 21 heavy (non-hydrogen) atoms. The molecule has 6 heteroatoms. The zero-order chi connectivity index (χ0) is 15.0. The van der Waals surface area contributed by atoms with Gasteiger partial charge in [-0.1, -0.05) is 23.7 Å². The molecule has 0 bridgehead atoms. The van der Waals surface area contributed by atoms with Gasteiger partial charge in [0.2, 0.25) is 5.82 Å². The van der Waals surface area contributed by atoms with E-state index in [1.165, 1.54) is 0 Å². The molecule has 0 aliphatic carbocycles. The Labute approximate surface area is 126 Å². The molecule has 2 aromatic rings. The third kappa shape index (κ3) is 2.63. The molecular weight excluding hydrogens is 290 g/mol. The highest BCUT2D eigenvalue weighted by atomic mass is 35.5. The number of halogens is 1. The number of aromatic nitrogens is 2. The van der Waals surface area contributed by atoms with Gasteiger partial charge in [-0.25, -0.2) is 14.8 Å². The highest BCUT2D eigenvalue weighted by Gasteiger charge is 2.40. The number of cyclic esters (lactones) is 1. The van der Waals surface area contributed by atoms with Crippen molar-refractivity contribution in [2.75, 3.05) is 0 Å². The van der Waals surface area contributed by atoms with Crippen LogP contribution in [-0.2, 0) is 4.74 Å². The Balaban J connectivity index is 1.96. The van der Waals surface area contributed by atoms with Gasteiger partial charge in [-0.3, -0.25) is 0 Å². The number of ether oxygens (including phenoxy) is 1. The van der Waals surface area contributed by atoms with Crippen LogP contribution in [0.3, 0.4) is 0 Å². The number of nitrogens with one attached hydrogen (secondary N) is 1. The zero-order valence-electron chi connectivity index (χ0n) is 11.5. The van der Waals surface area contributed by atoms with Gasteiger partial charge in [0.25, 0.3) is 0 Å². The smallest absolute Gasteiger partial charge is 0.409 e. The molecule has 1 unspecified atom stereocenters. The SMILES string of the molecule is CC1(C)NC(=O)OC1C#Cc1nc(Cl)c2ccccc2n1. The van der Waals surface area contributed by atoms with Crippen LogP contribution in [0.15, 0.2) is 24.3 Å². The number of rotatable bonds is 0. The van der Waals surface area contributed by atoms with Gasteiger partial charge in [0, 0.05) is 5.39 Å². The lowest BCUT2D eigenvalue weighted by atomic mass is 9.99. The topological polar surface area (TPSA) is 64.1 Å². The van der Waals surface area contributed by atoms with E-state index in [1.807, 2.05) is 38.1 Å². The predicted molar refractivity (Wildman–Crippen MR) is 78.9 cm³/mol. The number of hydrogen-bond acceptors (Lipinski definition) is 4. The first kappa shape index (κ1) is 13.7. The standard InChI is InChI=1S/C15H12ClN3O2/c1-15(2)11(21-14(20)19-15)7-8-12-17-10-6-4-3-5-9(10)13(16)18-12/h3-6,11H,1-2H3,(H,19,20). The molecule has 1 aliphatic heterocycles. The van der Waals surface area contributed by atoms with Crippen LogP contribution in [0.4, 0.5) is 4.79 Å². The summed E-state index contributed by atoms with van der Waals surface area (Å²) in [5.41, 5.74) is 0.174. The Morgan fingerprint density at radius 3 is 2.81 bits per heavy atom. The van der Waals surface area contributed by atoms with E-state index in [9.17, 15) is 4.79 Å². The summed E-state index contributed by atoms with van der Waals surface area (Å²) >= 11 is 6.12. The largest absolute Gasteiger partial charge is 0.430 e. The normalized spacial score (nSPS) is 19.6. The Morgan fingerprint density at radius 2 is 2.10 bits per heavy atom. The molecule has 5 nitrogen and oxygen atoms in total. The molecular formula is C15H12ClN3O2. The monoisotopic (exact) mass is 301 g/mol. The molecule has 0 radical (unpaired) electrons. The maximum absolute atomic E-state index is 11.3. The number of fused-ring (bicyclic) bond motifs is 1. The van der Waals surface area contributed by atoms with Crippen LogP contribution < -0.4 is 5.32 Å². The van der Waals surface area contributed by atoms with Crippen molar-refractivity contribution in [3.63, 3.8) is 0 Å². The van der Waals surface area contributed by atoms with Crippen molar-refractivity contribution in [2.24, 2.45) is 0 Å². The zero-order valence-corrected chi connectivity index (χ0v) is 12.2. The van der Waals surface area contributed by atoms with Crippen molar-refractivity contribution < 1.29 is 9.53 Å². The van der Waals surface area contributed by atoms with Gasteiger partial charge in [0.05, 0.1) is 11.1 Å². The summed E-state index contributed by atoms with van der Waals surface area (Å²) in [6.07, 6.45) is -1.03. The number of para-hydroxylation sites is 1. The van der Waals surface area contributed by atoms with Gasteiger partial charge >= 0.3 is 6.09 Å². The minimum atomic E-state index is -0.557. The fourth-order valence-corrected chi connectivity index (χ4v) is 2.29. The molecule has 0 spiro atoms. The molecule has 106 valence electrons. The Hall–Kier alpha value is -2.32. The van der Waals surface area contributed by atoms with Gasteiger partial charge in [-0.2, -0.15) is 0 Å². The number of carbonyl (C=O) groups is 1. The number of nitrogens with zero attached hydrogens (tertiary/aromatic N) is 2. The predicted octanol–water partition coefficient (Wildman–Crippen LogP) is 2.52. The van der Waals surface area contributed by atoms with Crippen LogP contribution >= 0.6 is 11.6 Å². The van der Waals surface area contributed by atoms with Crippen molar-refractivity contribution in [1.29, 1.82) is 0 Å². The van der Waals surface area contributed by atoms with Crippen LogP contribution in [0.1, 0.15) is 19.7 Å². The van der Waals surface area contributed by atoms with Gasteiger partial charge in [0.15, 0.2) is 6.10 Å². The van der Waals surface area contributed by atoms with Crippen molar-refractivity contribution in [3.8, 4) is 11.8 Å². The summed E-state index contributed by atoms with van der Waals surface area (Å²) in [6, 6.07) is 7.43. The average molecular weight is 302 g/mol. The van der Waals surface area contributed by atoms with E-state index in [0.717, 1.165) is 10.9 Å². The highest BCUT2D eigenvalue weighted by Crippen LogP contribution is 2.21. The van der Waals surface area contributed by atoms with E-state index in [-0.39, 0.29) is 0 Å². The van der Waals surface area contributed by atoms with Gasteiger partial charge < -0.3 is 10.1 Å². The second-order valence-corrected chi connectivity index (χ2v) is 5.61. The summed E-state index contributed by atoms with van der Waals surface area (Å²) < 4.78 is 5.10. The Bertz CT molecular complexity index is 792. The maximum atomic E-state index is 11.3. The van der Waals surface area contributed by atoms with Crippen LogP contribution in [0, 0.1) is 11.8 Å². The molecule has 2 heterocycles. The highest BCUT2D eigenvalue weighted by molar-refractivity contribution is 6.34. The number of amides is 1. The van der Waals surface area contributed by atoms with Crippen LogP contribution in [0.2, 0.25) is 5.15 Å². The van der Waals surface area contributed by atoms with E-state index < -0.39 is 17.7 Å². The van der Waals surface area contributed by atoms with Crippen LogP contribution in [0.5, 0.6) is 0 Å². The van der Waals surface area contributed by atoms with Gasteiger partial charge in [-0.15, -0.1) is 0 Å². The molecule has 1 saturated heterocycles. The fraction of sp³-hybridized carbons (Fsp3) is 0.267. The van der Waals surface area contributed by atoms with Crippen LogP contribution in [-0.4, -0.2) is 27.7 Å². The lowest BCUT2D eigenvalue weighted by Gasteiger charge is -2.18. The molecule has 0 saturated carbocycles. The molecule has 1 N–H and O–H groups in total. The summed E-state index contributed by atoms with van der Waals surface area (Å²) in [5, 5.41) is 3.82. The molecule has 1 fully saturated rings. The average Bonchev–Trinajstić information content (AvgIpc) is 2.69. The van der Waals surface area contributed by atoms with E-state index in [4.69, 9.17) is 16.3 Å². The minimum absolute atomic E-state index is 0.303. The minimum Gasteiger partial charge on any atom is -0.430 e. The maximum Gasteiger partial charge on any atom is 0.409 e. The van der Waals surface area contributed by atoms with Gasteiger partial charge in [0.1, 0.15) is 5.15 Å². The van der Waals surface area contributed by atoms with Crippen molar-refractivity contribution in [2.45, 2.75) is 25.5 Å². The first-order valence-electron chi connectivity index (χ1n) is 6.38. The molecule has 1 aliphatic rings. The van der Waals surface area contributed by atoms with Gasteiger partial charge in [-0.05, 0) is 37.8 Å². The summed E-state index contributed by atoms with van der Waals surface area (Å²) in [6.45, 7) is 3.68. The van der Waals surface area contributed by atoms with E-state index in [2.05, 4.69) is 27.1 Å². The third-order valence-corrected chi connectivity index (χ3v) is 3.46. The summed E-state index contributed by atoms with van der Waals surface area (Å²) in [5.74, 6) is 6.00. The van der Waals surface area contributed by atoms with E-state index in [1.54, 1.807) is 0 Å². The first-order chi connectivity index (χ1) is 9.95. The Morgan fingerprint density at radius 1 is 1.33 bits per heavy atom. The van der Waals surface area contributed by atoms with E-state index in [0.29, 0.717) is 11.0 Å². The second-order valence-electron chi connectivity index (χ2n) is 5.26. The molecule has 1 aromatic heterocycles. The molecule has 1 aromatic carbocycles. The molecule has 3 rings (SSSR count). The number of benzene rings is 1. The summed E-state index contributed by atoms with van der Waals surface area (Å²) in [4.78, 5) is 19.7. The number of alkyl carbamates (subject to hydrolysis) is 1. The first-order valence-corrected chi connectivity index (χ1v) is 6.76. The fourth-order valence-electron chi connectivity index (χ4n) is 2.05.